The highest BCUT2D eigenvalue weighted by molar-refractivity contribution is 7.99. The lowest BCUT2D eigenvalue weighted by Gasteiger charge is -2.23. The molecule has 0 bridgehead atoms. The zero-order valence-electron chi connectivity index (χ0n) is 12.1. The Kier molecular flexibility index (Phi) is 4.58. The predicted molar refractivity (Wildman–Crippen MR) is 87.9 cm³/mol. The first-order valence-electron chi connectivity index (χ1n) is 7.32. The highest BCUT2D eigenvalue weighted by Gasteiger charge is 2.15. The SMILES string of the molecule is Cc1sc2ncnc(SCCC3CCCCN3)c2c1C. The van der Waals surface area contributed by atoms with Crippen molar-refractivity contribution in [1.82, 2.24) is 15.3 Å². The number of hydrogen-bond acceptors (Lipinski definition) is 5. The molecular weight excluding hydrogens is 286 g/mol. The molecule has 3 rings (SSSR count). The van der Waals surface area contributed by atoms with Crippen LogP contribution in [0.1, 0.15) is 36.1 Å². The van der Waals surface area contributed by atoms with Crippen LogP contribution < -0.4 is 5.32 Å². The lowest BCUT2D eigenvalue weighted by atomic mass is 10.0. The molecule has 1 atom stereocenters. The zero-order chi connectivity index (χ0) is 13.9. The van der Waals surface area contributed by atoms with Gasteiger partial charge in [0.1, 0.15) is 16.2 Å². The molecule has 3 heterocycles. The smallest absolute Gasteiger partial charge is 0.128 e. The molecule has 0 radical (unpaired) electrons. The minimum Gasteiger partial charge on any atom is -0.314 e. The van der Waals surface area contributed by atoms with Gasteiger partial charge in [-0.25, -0.2) is 9.97 Å². The number of nitrogens with zero attached hydrogens (tertiary/aromatic N) is 2. The van der Waals surface area contributed by atoms with Gasteiger partial charge in [-0.1, -0.05) is 6.42 Å². The van der Waals surface area contributed by atoms with Crippen LogP contribution in [0.4, 0.5) is 0 Å². The van der Waals surface area contributed by atoms with Crippen molar-refractivity contribution in [3.63, 3.8) is 0 Å². The summed E-state index contributed by atoms with van der Waals surface area (Å²) in [6.07, 6.45) is 6.99. The van der Waals surface area contributed by atoms with Crippen LogP contribution in [0.5, 0.6) is 0 Å². The van der Waals surface area contributed by atoms with Gasteiger partial charge < -0.3 is 5.32 Å². The Morgan fingerprint density at radius 2 is 2.25 bits per heavy atom. The lowest BCUT2D eigenvalue weighted by molar-refractivity contribution is 0.395. The standard InChI is InChI=1S/C15H21N3S2/c1-10-11(2)20-15-13(10)14(17-9-18-15)19-8-6-12-5-3-4-7-16-12/h9,12,16H,3-8H2,1-2H3. The number of thioether (sulfide) groups is 1. The summed E-state index contributed by atoms with van der Waals surface area (Å²) in [5.41, 5.74) is 1.35. The summed E-state index contributed by atoms with van der Waals surface area (Å²) in [5, 5.41) is 6.05. The Labute approximate surface area is 128 Å². The maximum absolute atomic E-state index is 4.50. The second-order valence-electron chi connectivity index (χ2n) is 5.43. The Hall–Kier alpha value is -0.650. The van der Waals surface area contributed by atoms with Gasteiger partial charge >= 0.3 is 0 Å². The first-order chi connectivity index (χ1) is 9.75. The summed E-state index contributed by atoms with van der Waals surface area (Å²) in [6.45, 7) is 5.54. The Morgan fingerprint density at radius 3 is 3.05 bits per heavy atom. The molecule has 1 aliphatic heterocycles. The fourth-order valence-electron chi connectivity index (χ4n) is 2.73. The molecule has 20 heavy (non-hydrogen) atoms. The van der Waals surface area contributed by atoms with E-state index in [1.165, 1.54) is 48.1 Å². The summed E-state index contributed by atoms with van der Waals surface area (Å²) in [5.74, 6) is 1.14. The van der Waals surface area contributed by atoms with Crippen molar-refractivity contribution < 1.29 is 0 Å². The van der Waals surface area contributed by atoms with Crippen molar-refractivity contribution in [3.05, 3.63) is 16.8 Å². The molecule has 0 saturated carbocycles. The molecule has 3 nitrogen and oxygen atoms in total. The molecule has 2 aromatic heterocycles. The van der Waals surface area contributed by atoms with E-state index in [0.29, 0.717) is 6.04 Å². The quantitative estimate of drug-likeness (QED) is 0.686. The van der Waals surface area contributed by atoms with Crippen LogP contribution in [0.2, 0.25) is 0 Å². The van der Waals surface area contributed by atoms with Crippen LogP contribution in [0.15, 0.2) is 11.4 Å². The highest BCUT2D eigenvalue weighted by Crippen LogP contribution is 2.34. The van der Waals surface area contributed by atoms with Crippen LogP contribution in [-0.4, -0.2) is 28.3 Å². The number of nitrogens with one attached hydrogen (secondary N) is 1. The third-order valence-corrected chi connectivity index (χ3v) is 6.19. The highest BCUT2D eigenvalue weighted by atomic mass is 32.2. The van der Waals surface area contributed by atoms with Gasteiger partial charge in [-0.2, -0.15) is 0 Å². The first kappa shape index (κ1) is 14.3. The van der Waals surface area contributed by atoms with E-state index >= 15 is 0 Å². The topological polar surface area (TPSA) is 37.8 Å². The van der Waals surface area contributed by atoms with Crippen LogP contribution in [-0.2, 0) is 0 Å². The van der Waals surface area contributed by atoms with Gasteiger partial charge in [-0.15, -0.1) is 23.1 Å². The van der Waals surface area contributed by atoms with Crippen molar-refractivity contribution in [2.45, 2.75) is 50.6 Å². The van der Waals surface area contributed by atoms with E-state index in [0.717, 1.165) is 15.6 Å². The second kappa shape index (κ2) is 6.41. The summed E-state index contributed by atoms with van der Waals surface area (Å²) in [7, 11) is 0. The minimum atomic E-state index is 0.707. The Balaban J connectivity index is 1.68. The van der Waals surface area contributed by atoms with Gasteiger partial charge in [0.05, 0.1) is 0 Å². The molecule has 1 fully saturated rings. The minimum absolute atomic E-state index is 0.707. The molecule has 108 valence electrons. The van der Waals surface area contributed by atoms with E-state index < -0.39 is 0 Å². The number of piperidine rings is 1. The van der Waals surface area contributed by atoms with Crippen LogP contribution in [0.25, 0.3) is 10.2 Å². The number of hydrogen-bond donors (Lipinski definition) is 1. The van der Waals surface area contributed by atoms with E-state index in [1.54, 1.807) is 17.7 Å². The largest absolute Gasteiger partial charge is 0.314 e. The number of fused-ring (bicyclic) bond motifs is 1. The van der Waals surface area contributed by atoms with Crippen LogP contribution >= 0.6 is 23.1 Å². The number of aryl methyl sites for hydroxylation is 2. The van der Waals surface area contributed by atoms with E-state index in [2.05, 4.69) is 29.1 Å². The average Bonchev–Trinajstić information content (AvgIpc) is 2.76. The third kappa shape index (κ3) is 3.00. The van der Waals surface area contributed by atoms with Crippen LogP contribution in [0.3, 0.4) is 0 Å². The van der Waals surface area contributed by atoms with Gasteiger partial charge in [0.25, 0.3) is 0 Å². The Bertz CT molecular complexity index is 588. The summed E-state index contributed by atoms with van der Waals surface area (Å²) >= 11 is 3.66. The molecule has 2 aromatic rings. The monoisotopic (exact) mass is 307 g/mol. The van der Waals surface area contributed by atoms with E-state index in [4.69, 9.17) is 0 Å². The normalized spacial score (nSPS) is 19.6. The van der Waals surface area contributed by atoms with Crippen molar-refractivity contribution in [1.29, 1.82) is 0 Å². The number of thiophene rings is 1. The average molecular weight is 307 g/mol. The van der Waals surface area contributed by atoms with Crippen molar-refractivity contribution in [2.75, 3.05) is 12.3 Å². The van der Waals surface area contributed by atoms with E-state index in [9.17, 15) is 0 Å². The summed E-state index contributed by atoms with van der Waals surface area (Å²) in [4.78, 5) is 11.4. The van der Waals surface area contributed by atoms with E-state index in [-0.39, 0.29) is 0 Å². The van der Waals surface area contributed by atoms with Crippen molar-refractivity contribution in [3.8, 4) is 0 Å². The number of aromatic nitrogens is 2. The molecular formula is C15H21N3S2. The van der Waals surface area contributed by atoms with Crippen molar-refractivity contribution in [2.24, 2.45) is 0 Å². The van der Waals surface area contributed by atoms with Gasteiger partial charge in [0, 0.05) is 22.1 Å². The number of rotatable bonds is 4. The summed E-state index contributed by atoms with van der Waals surface area (Å²) < 4.78 is 0. The molecule has 1 N–H and O–H groups in total. The fraction of sp³-hybridized carbons (Fsp3) is 0.600. The molecule has 0 spiro atoms. The second-order valence-corrected chi connectivity index (χ2v) is 7.71. The van der Waals surface area contributed by atoms with Crippen molar-refractivity contribution >= 4 is 33.3 Å². The predicted octanol–water partition coefficient (Wildman–Crippen LogP) is 3.93. The molecule has 1 aliphatic rings. The van der Waals surface area contributed by atoms with Gasteiger partial charge in [0.15, 0.2) is 0 Å². The fourth-order valence-corrected chi connectivity index (χ4v) is 4.90. The van der Waals surface area contributed by atoms with E-state index in [1.807, 2.05) is 11.8 Å². The molecule has 1 saturated heterocycles. The van der Waals surface area contributed by atoms with Crippen LogP contribution in [0, 0.1) is 13.8 Å². The third-order valence-electron chi connectivity index (χ3n) is 4.05. The maximum Gasteiger partial charge on any atom is 0.128 e. The lowest BCUT2D eigenvalue weighted by Crippen LogP contribution is -2.34. The molecule has 5 heteroatoms. The molecule has 0 aromatic carbocycles. The maximum atomic E-state index is 4.50. The molecule has 1 unspecified atom stereocenters. The first-order valence-corrected chi connectivity index (χ1v) is 9.13. The summed E-state index contributed by atoms with van der Waals surface area (Å²) in [6, 6.07) is 0.707. The van der Waals surface area contributed by atoms with Gasteiger partial charge in [-0.05, 0) is 45.2 Å². The molecule has 0 aliphatic carbocycles. The van der Waals surface area contributed by atoms with Gasteiger partial charge in [-0.3, -0.25) is 0 Å². The Morgan fingerprint density at radius 1 is 1.35 bits per heavy atom. The molecule has 0 amide bonds. The van der Waals surface area contributed by atoms with Gasteiger partial charge in [0.2, 0.25) is 0 Å². The zero-order valence-corrected chi connectivity index (χ0v) is 13.7.